The highest BCUT2D eigenvalue weighted by Crippen LogP contribution is 2.37. The summed E-state index contributed by atoms with van der Waals surface area (Å²) >= 11 is 6.16. The number of nitrogens with one attached hydrogen (secondary N) is 1. The molecule has 1 N–H and O–H groups in total. The van der Waals surface area contributed by atoms with E-state index in [1.807, 2.05) is 32.0 Å². The van der Waals surface area contributed by atoms with E-state index in [-0.39, 0.29) is 12.5 Å². The van der Waals surface area contributed by atoms with Crippen LogP contribution in [0.4, 0.5) is 0 Å². The molecule has 7 heteroatoms. The van der Waals surface area contributed by atoms with Gasteiger partial charge in [0.25, 0.3) is 5.91 Å². The predicted molar refractivity (Wildman–Crippen MR) is 99.6 cm³/mol. The first-order valence-corrected chi connectivity index (χ1v) is 8.52. The van der Waals surface area contributed by atoms with Gasteiger partial charge < -0.3 is 14.2 Å². The fourth-order valence-corrected chi connectivity index (χ4v) is 2.64. The predicted octanol–water partition coefficient (Wildman–Crippen LogP) is 3.26. The average Bonchev–Trinajstić information content (AvgIpc) is 2.63. The van der Waals surface area contributed by atoms with Crippen molar-refractivity contribution in [1.82, 2.24) is 5.43 Å². The Labute approximate surface area is 156 Å². The summed E-state index contributed by atoms with van der Waals surface area (Å²) in [6.45, 7) is 4.82. The van der Waals surface area contributed by atoms with Crippen molar-refractivity contribution in [3.8, 4) is 17.2 Å². The van der Waals surface area contributed by atoms with Crippen molar-refractivity contribution in [1.29, 1.82) is 0 Å². The molecule has 1 aliphatic rings. The van der Waals surface area contributed by atoms with Crippen LogP contribution in [0.5, 0.6) is 17.2 Å². The van der Waals surface area contributed by atoms with Crippen molar-refractivity contribution in [3.63, 3.8) is 0 Å². The maximum absolute atomic E-state index is 11.8. The van der Waals surface area contributed by atoms with Crippen LogP contribution in [-0.2, 0) is 4.79 Å². The number of ether oxygens (including phenoxy) is 3. The smallest absolute Gasteiger partial charge is 0.277 e. The van der Waals surface area contributed by atoms with Crippen LogP contribution in [0, 0.1) is 13.8 Å². The van der Waals surface area contributed by atoms with Gasteiger partial charge in [-0.2, -0.15) is 5.10 Å². The van der Waals surface area contributed by atoms with Gasteiger partial charge in [0.1, 0.15) is 19.0 Å². The Morgan fingerprint density at radius 1 is 1.23 bits per heavy atom. The van der Waals surface area contributed by atoms with Crippen LogP contribution in [0.2, 0.25) is 5.02 Å². The molecule has 0 aliphatic carbocycles. The summed E-state index contributed by atoms with van der Waals surface area (Å²) < 4.78 is 16.4. The van der Waals surface area contributed by atoms with Gasteiger partial charge in [-0.25, -0.2) is 5.43 Å². The van der Waals surface area contributed by atoms with E-state index in [1.165, 1.54) is 11.8 Å². The molecule has 0 saturated heterocycles. The zero-order valence-electron chi connectivity index (χ0n) is 14.5. The van der Waals surface area contributed by atoms with Gasteiger partial charge in [0.2, 0.25) is 0 Å². The van der Waals surface area contributed by atoms with Crippen molar-refractivity contribution in [2.24, 2.45) is 5.10 Å². The number of hydrogen-bond donors (Lipinski definition) is 1. The van der Waals surface area contributed by atoms with E-state index in [4.69, 9.17) is 25.8 Å². The number of carbonyl (C=O) groups is 1. The second-order valence-electron chi connectivity index (χ2n) is 5.85. The Morgan fingerprint density at radius 2 is 2.04 bits per heavy atom. The third-order valence-electron chi connectivity index (χ3n) is 3.87. The van der Waals surface area contributed by atoms with E-state index < -0.39 is 0 Å². The number of amides is 1. The molecule has 0 atom stereocenters. The Balaban J connectivity index is 1.54. The minimum atomic E-state index is -0.358. The number of nitrogens with zero attached hydrogens (tertiary/aromatic N) is 1. The summed E-state index contributed by atoms with van der Waals surface area (Å²) in [7, 11) is 0. The molecule has 0 bridgehead atoms. The monoisotopic (exact) mass is 374 g/mol. The molecule has 26 heavy (non-hydrogen) atoms. The number of hydrazone groups is 1. The first kappa shape index (κ1) is 18.1. The third kappa shape index (κ3) is 4.46. The first-order chi connectivity index (χ1) is 12.5. The van der Waals surface area contributed by atoms with Crippen LogP contribution < -0.4 is 19.6 Å². The van der Waals surface area contributed by atoms with Gasteiger partial charge in [-0.15, -0.1) is 0 Å². The third-order valence-corrected chi connectivity index (χ3v) is 4.15. The Bertz CT molecular complexity index is 852. The molecule has 3 rings (SSSR count). The molecule has 1 aliphatic heterocycles. The summed E-state index contributed by atoms with van der Waals surface area (Å²) in [4.78, 5) is 11.8. The van der Waals surface area contributed by atoms with Gasteiger partial charge in [-0.1, -0.05) is 17.7 Å². The van der Waals surface area contributed by atoms with Crippen molar-refractivity contribution in [2.45, 2.75) is 13.8 Å². The lowest BCUT2D eigenvalue weighted by Gasteiger charge is -2.19. The number of fused-ring (bicyclic) bond motifs is 1. The summed E-state index contributed by atoms with van der Waals surface area (Å²) in [6.07, 6.45) is 1.48. The topological polar surface area (TPSA) is 69.2 Å². The lowest BCUT2D eigenvalue weighted by atomic mass is 10.1. The normalized spacial score (nSPS) is 12.9. The second-order valence-corrected chi connectivity index (χ2v) is 6.26. The molecule has 1 amide bonds. The van der Waals surface area contributed by atoms with Gasteiger partial charge >= 0.3 is 0 Å². The highest BCUT2D eigenvalue weighted by molar-refractivity contribution is 6.32. The molecule has 0 aromatic heterocycles. The Kier molecular flexibility index (Phi) is 5.63. The first-order valence-electron chi connectivity index (χ1n) is 8.14. The zero-order chi connectivity index (χ0) is 18.5. The highest BCUT2D eigenvalue weighted by Gasteiger charge is 2.16. The Morgan fingerprint density at radius 3 is 2.85 bits per heavy atom. The standard InChI is InChI=1S/C19H19ClN2O4/c1-12-3-4-15(7-13(12)2)26-11-18(23)22-21-10-14-8-16(20)19-17(9-14)24-5-6-25-19/h3-4,7-10H,5-6,11H2,1-2H3,(H,22,23)/b21-10-. The maximum atomic E-state index is 11.8. The average molecular weight is 375 g/mol. The van der Waals surface area contributed by atoms with Crippen molar-refractivity contribution in [3.05, 3.63) is 52.0 Å². The SMILES string of the molecule is Cc1ccc(OCC(=O)N/N=C\c2cc(Cl)c3c(c2)OCCO3)cc1C. The van der Waals surface area contributed by atoms with Crippen LogP contribution in [0.15, 0.2) is 35.4 Å². The number of aryl methyl sites for hydroxylation is 2. The minimum Gasteiger partial charge on any atom is -0.486 e. The van der Waals surface area contributed by atoms with Crippen molar-refractivity contribution in [2.75, 3.05) is 19.8 Å². The van der Waals surface area contributed by atoms with E-state index >= 15 is 0 Å². The van der Waals surface area contributed by atoms with Gasteiger partial charge in [0, 0.05) is 0 Å². The maximum Gasteiger partial charge on any atom is 0.277 e. The summed E-state index contributed by atoms with van der Waals surface area (Å²) in [5, 5.41) is 4.35. The van der Waals surface area contributed by atoms with Gasteiger partial charge in [-0.05, 0) is 54.8 Å². The molecule has 0 spiro atoms. The second kappa shape index (κ2) is 8.10. The molecule has 136 valence electrons. The summed E-state index contributed by atoms with van der Waals surface area (Å²) in [6, 6.07) is 9.11. The molecular formula is C19H19ClN2O4. The van der Waals surface area contributed by atoms with E-state index in [0.717, 1.165) is 5.56 Å². The molecule has 0 radical (unpaired) electrons. The largest absolute Gasteiger partial charge is 0.486 e. The number of benzene rings is 2. The molecule has 2 aromatic rings. The number of hydrogen-bond acceptors (Lipinski definition) is 5. The van der Waals surface area contributed by atoms with Crippen molar-refractivity contribution >= 4 is 23.7 Å². The number of rotatable bonds is 5. The van der Waals surface area contributed by atoms with E-state index in [0.29, 0.717) is 41.0 Å². The van der Waals surface area contributed by atoms with E-state index in [2.05, 4.69) is 10.5 Å². The fourth-order valence-electron chi connectivity index (χ4n) is 2.37. The van der Waals surface area contributed by atoms with E-state index in [9.17, 15) is 4.79 Å². The molecule has 2 aromatic carbocycles. The molecule has 1 heterocycles. The van der Waals surface area contributed by atoms with Crippen LogP contribution >= 0.6 is 11.6 Å². The molecule has 0 unspecified atom stereocenters. The fraction of sp³-hybridized carbons (Fsp3) is 0.263. The lowest BCUT2D eigenvalue weighted by molar-refractivity contribution is -0.123. The van der Waals surface area contributed by atoms with Crippen LogP contribution in [0.25, 0.3) is 0 Å². The molecular weight excluding hydrogens is 356 g/mol. The summed E-state index contributed by atoms with van der Waals surface area (Å²) in [5.41, 5.74) is 5.39. The molecule has 0 fully saturated rings. The summed E-state index contributed by atoms with van der Waals surface area (Å²) in [5.74, 6) is 1.38. The molecule has 0 saturated carbocycles. The van der Waals surface area contributed by atoms with E-state index in [1.54, 1.807) is 12.1 Å². The number of carbonyl (C=O) groups excluding carboxylic acids is 1. The van der Waals surface area contributed by atoms with Crippen LogP contribution in [0.1, 0.15) is 16.7 Å². The quantitative estimate of drug-likeness (QED) is 0.644. The van der Waals surface area contributed by atoms with Crippen LogP contribution in [0.3, 0.4) is 0 Å². The minimum absolute atomic E-state index is 0.123. The van der Waals surface area contributed by atoms with Crippen LogP contribution in [-0.4, -0.2) is 31.9 Å². The highest BCUT2D eigenvalue weighted by atomic mass is 35.5. The number of halogens is 1. The van der Waals surface area contributed by atoms with Crippen molar-refractivity contribution < 1.29 is 19.0 Å². The van der Waals surface area contributed by atoms with Gasteiger partial charge in [0.05, 0.1) is 11.2 Å². The van der Waals surface area contributed by atoms with Gasteiger partial charge in [0.15, 0.2) is 18.1 Å². The molecule has 6 nitrogen and oxygen atoms in total. The van der Waals surface area contributed by atoms with Gasteiger partial charge in [-0.3, -0.25) is 4.79 Å². The zero-order valence-corrected chi connectivity index (χ0v) is 15.3. The lowest BCUT2D eigenvalue weighted by Crippen LogP contribution is -2.24. The Hall–Kier alpha value is -2.73.